The van der Waals surface area contributed by atoms with Gasteiger partial charge in [0.15, 0.2) is 0 Å². The van der Waals surface area contributed by atoms with Crippen LogP contribution in [0, 0.1) is 23.7 Å². The monoisotopic (exact) mass is 746 g/mol. The van der Waals surface area contributed by atoms with Crippen molar-refractivity contribution in [3.05, 3.63) is 0 Å². The Morgan fingerprint density at radius 3 is 1.02 bits per heavy atom. The third kappa shape index (κ3) is 35.4. The van der Waals surface area contributed by atoms with Crippen LogP contribution in [0.2, 0.25) is 6.86 Å². The van der Waals surface area contributed by atoms with Crippen molar-refractivity contribution in [3.63, 3.8) is 0 Å². The fraction of sp³-hybridized carbons (Fsp3) is 0.889. The molecule has 0 spiro atoms. The van der Waals surface area contributed by atoms with Crippen molar-refractivity contribution >= 4 is 45.0 Å². The summed E-state index contributed by atoms with van der Waals surface area (Å²) in [6.07, 6.45) is 10.9. The Labute approximate surface area is 286 Å². The number of carbonyl (C=O) groups is 4. The fourth-order valence-corrected chi connectivity index (χ4v) is 12.0. The molecule has 0 aliphatic carbocycles. The van der Waals surface area contributed by atoms with Crippen molar-refractivity contribution in [1.29, 1.82) is 0 Å². The van der Waals surface area contributed by atoms with Crippen LogP contribution in [0.25, 0.3) is 0 Å². The number of carboxylic acid groups (broad SMARTS) is 4. The number of unbranched alkanes of at least 4 members (excludes halogenated alkanes) is 2. The second-order valence-corrected chi connectivity index (χ2v) is 23.8. The van der Waals surface area contributed by atoms with Gasteiger partial charge in [-0.15, -0.1) is 0 Å². The van der Waals surface area contributed by atoms with Crippen LogP contribution in [0.4, 0.5) is 0 Å². The van der Waals surface area contributed by atoms with Crippen molar-refractivity contribution in [2.24, 2.45) is 23.7 Å². The summed E-state index contributed by atoms with van der Waals surface area (Å²) < 4.78 is 1.31. The van der Waals surface area contributed by atoms with E-state index in [2.05, 4.69) is 69.2 Å². The fourth-order valence-electron chi connectivity index (χ4n) is 5.54. The van der Waals surface area contributed by atoms with Gasteiger partial charge in [0.05, 0.1) is 0 Å². The van der Waals surface area contributed by atoms with Crippen LogP contribution < -0.4 is 20.4 Å². The van der Waals surface area contributed by atoms with Crippen LogP contribution in [-0.4, -0.2) is 45.0 Å². The van der Waals surface area contributed by atoms with Crippen LogP contribution in [0.3, 0.4) is 0 Å². The molecule has 8 nitrogen and oxygen atoms in total. The zero-order chi connectivity index (χ0) is 35.6. The molecule has 0 bridgehead atoms. The van der Waals surface area contributed by atoms with E-state index in [4.69, 9.17) is 0 Å². The average Bonchev–Trinajstić information content (AvgIpc) is 2.89. The third-order valence-electron chi connectivity index (χ3n) is 7.61. The van der Waals surface area contributed by atoms with E-state index in [1.807, 2.05) is 0 Å². The average molecular weight is 746 g/mol. The van der Waals surface area contributed by atoms with E-state index >= 15 is 0 Å². The van der Waals surface area contributed by atoms with E-state index in [0.717, 1.165) is 51.4 Å². The minimum absolute atomic E-state index is 0.0739. The minimum atomic E-state index is -1.12. The van der Waals surface area contributed by atoms with Crippen LogP contribution in [0.5, 0.6) is 0 Å². The Morgan fingerprint density at radius 1 is 0.533 bits per heavy atom. The molecule has 9 heteroatoms. The molecule has 4 unspecified atom stereocenters. The zero-order valence-electron chi connectivity index (χ0n) is 30.4. The van der Waals surface area contributed by atoms with E-state index < -0.39 is 35.7 Å². The molecule has 0 aromatic carbocycles. The summed E-state index contributed by atoms with van der Waals surface area (Å²) in [4.78, 5) is 42.6. The Hall–Kier alpha value is -1.32. The summed E-state index contributed by atoms with van der Waals surface area (Å²) in [6.45, 7) is 22.5. The van der Waals surface area contributed by atoms with Gasteiger partial charge >= 0.3 is 69.5 Å². The first-order valence-corrected chi connectivity index (χ1v) is 20.2. The molecule has 0 heterocycles. The molecule has 0 aromatic rings. The van der Waals surface area contributed by atoms with Crippen molar-refractivity contribution in [2.75, 3.05) is 0 Å². The predicted octanol–water partition coefficient (Wildman–Crippen LogP) is 4.89. The van der Waals surface area contributed by atoms with Crippen LogP contribution in [-0.2, 0) is 19.2 Å². The first kappa shape index (κ1) is 48.1. The molecule has 4 atom stereocenters. The quantitative estimate of drug-likeness (QED) is 0.142. The Morgan fingerprint density at radius 2 is 0.844 bits per heavy atom. The Kier molecular flexibility index (Phi) is 29.7. The van der Waals surface area contributed by atoms with Crippen LogP contribution in [0.1, 0.15) is 172 Å². The molecule has 0 amide bonds. The maximum atomic E-state index is 11.0. The van der Waals surface area contributed by atoms with Gasteiger partial charge in [0.2, 0.25) is 0 Å². The topological polar surface area (TPSA) is 161 Å². The summed E-state index contributed by atoms with van der Waals surface area (Å²) in [7, 11) is 0. The molecule has 0 aliphatic rings. The second kappa shape index (κ2) is 27.8. The number of rotatable bonds is 22. The molecule has 0 saturated carbocycles. The molecular formula is C36H66O8Sn. The van der Waals surface area contributed by atoms with Gasteiger partial charge in [-0.2, -0.15) is 0 Å². The first-order valence-electron chi connectivity index (χ1n) is 17.3. The summed E-state index contributed by atoms with van der Waals surface area (Å²) in [5.74, 6) is -4.59. The maximum absolute atomic E-state index is 11.0. The molecule has 0 fully saturated rings. The van der Waals surface area contributed by atoms with Gasteiger partial charge in [-0.25, -0.2) is 0 Å². The number of hydrogen-bond donors (Lipinski definition) is 0. The summed E-state index contributed by atoms with van der Waals surface area (Å²) in [6, 6.07) is 0. The van der Waals surface area contributed by atoms with Crippen LogP contribution in [0.15, 0.2) is 0 Å². The molecule has 0 N–H and O–H groups in total. The van der Waals surface area contributed by atoms with E-state index in [0.29, 0.717) is 57.2 Å². The van der Waals surface area contributed by atoms with Gasteiger partial charge in [-0.1, -0.05) is 79.1 Å². The van der Waals surface area contributed by atoms with E-state index in [1.54, 1.807) is 0 Å². The number of carbonyl (C=O) groups excluding carboxylic acids is 4. The predicted molar refractivity (Wildman–Crippen MR) is 176 cm³/mol. The van der Waals surface area contributed by atoms with Gasteiger partial charge in [-0.05, 0) is 75.0 Å². The molecule has 45 heavy (non-hydrogen) atoms. The molecule has 0 saturated heterocycles. The molecular weight excluding hydrogens is 679 g/mol. The summed E-state index contributed by atoms with van der Waals surface area (Å²) >= 11 is -0.182. The number of carboxylic acids is 4. The number of hydrogen-bond acceptors (Lipinski definition) is 8. The standard InChI is InChI=1S/2C14H26O4.2C4H9.Sn/c2*1-3-5-7-11(4-2)10-12(14(17)18)8-6-9-13(15)16;2*1-4(2)3;/h2*11-12H,3-10H2,1-2H3,(H,15,16)(H,17,18);2*1-3H3;/q;;;;+4/p-4. The van der Waals surface area contributed by atoms with Crippen molar-refractivity contribution in [2.45, 2.75) is 179 Å². The van der Waals surface area contributed by atoms with E-state index in [-0.39, 0.29) is 34.0 Å². The molecule has 6 radical (unpaired) electrons. The number of aliphatic carboxylic acids is 4. The van der Waals surface area contributed by atoms with Gasteiger partial charge < -0.3 is 39.6 Å². The Bertz CT molecular complexity index is 721. The second-order valence-electron chi connectivity index (χ2n) is 14.5. The molecule has 0 aliphatic heterocycles. The van der Waals surface area contributed by atoms with Gasteiger partial charge in [0.1, 0.15) is 0 Å². The zero-order valence-corrected chi connectivity index (χ0v) is 33.2. The summed E-state index contributed by atoms with van der Waals surface area (Å²) in [5.41, 5.74) is 0. The first-order chi connectivity index (χ1) is 20.7. The van der Waals surface area contributed by atoms with Gasteiger partial charge in [0, 0.05) is 23.9 Å². The van der Waals surface area contributed by atoms with Crippen molar-refractivity contribution in [1.82, 2.24) is 0 Å². The van der Waals surface area contributed by atoms with Crippen molar-refractivity contribution < 1.29 is 39.6 Å². The SMILES string of the molecule is CCCCC(CC)CC(CCCC(=O)[O-])C(=O)[O-].CCCCC(CC)CC(CCCC(=O)[O-])C(=O)[O-].C[C](C)(C)[Sn+4][C](C)(C)C. The molecule has 0 rings (SSSR count). The van der Waals surface area contributed by atoms with Crippen LogP contribution >= 0.6 is 0 Å². The van der Waals surface area contributed by atoms with Gasteiger partial charge in [-0.3, -0.25) is 0 Å². The summed E-state index contributed by atoms with van der Waals surface area (Å²) in [5, 5.41) is 42.6. The molecule has 0 aromatic heterocycles. The van der Waals surface area contributed by atoms with Crippen molar-refractivity contribution in [3.8, 4) is 0 Å². The Balaban J connectivity index is -0.000000622. The van der Waals surface area contributed by atoms with Gasteiger partial charge in [0.25, 0.3) is 0 Å². The normalized spacial score (nSPS) is 14.1. The third-order valence-corrected chi connectivity index (χ3v) is 11.9. The van der Waals surface area contributed by atoms with E-state index in [1.165, 1.54) is 0 Å². The molecule has 262 valence electrons. The van der Waals surface area contributed by atoms with E-state index in [9.17, 15) is 39.6 Å².